The molecular weight excluding hydrogens is 704 g/mol. The van der Waals surface area contributed by atoms with Gasteiger partial charge in [0, 0.05) is 0 Å². The number of aliphatic hydroxyl groups excluding tert-OH is 13. The second kappa shape index (κ2) is 22.1. The van der Waals surface area contributed by atoms with Gasteiger partial charge in [-0.1, -0.05) is 6.92 Å². The van der Waals surface area contributed by atoms with Crippen LogP contribution >= 0.6 is 0 Å². The lowest BCUT2D eigenvalue weighted by Crippen LogP contribution is -2.64. The van der Waals surface area contributed by atoms with E-state index in [9.17, 15) is 66.4 Å². The van der Waals surface area contributed by atoms with Gasteiger partial charge >= 0.3 is 0 Å². The Labute approximate surface area is 302 Å². The summed E-state index contributed by atoms with van der Waals surface area (Å²) in [4.78, 5) is 0. The Morgan fingerprint density at radius 3 is 1.42 bits per heavy atom. The lowest BCUT2D eigenvalue weighted by atomic mass is 9.95. The zero-order valence-corrected chi connectivity index (χ0v) is 30.3. The van der Waals surface area contributed by atoms with Gasteiger partial charge in [-0.3, -0.25) is 0 Å². The average molecular weight is 767 g/mol. The molecule has 52 heavy (non-hydrogen) atoms. The van der Waals surface area contributed by atoms with E-state index in [-0.39, 0.29) is 18.6 Å². The molecule has 3 rings (SSSR count). The quantitative estimate of drug-likeness (QED) is 0.0696. The van der Waals surface area contributed by atoms with E-state index in [0.29, 0.717) is 0 Å². The fourth-order valence-corrected chi connectivity index (χ4v) is 5.99. The van der Waals surface area contributed by atoms with Crippen molar-refractivity contribution in [3.05, 3.63) is 0 Å². The first-order valence-electron chi connectivity index (χ1n) is 17.5. The Morgan fingerprint density at radius 1 is 0.538 bits per heavy atom. The number of aliphatic hydroxyl groups is 13. The van der Waals surface area contributed by atoms with Crippen molar-refractivity contribution in [1.29, 1.82) is 0 Å². The van der Waals surface area contributed by atoms with Gasteiger partial charge in [0.1, 0.15) is 91.6 Å². The summed E-state index contributed by atoms with van der Waals surface area (Å²) < 4.78 is 38.2. The highest BCUT2D eigenvalue weighted by atomic mass is 16.7. The molecule has 0 aliphatic carbocycles. The zero-order chi connectivity index (χ0) is 39.6. The van der Waals surface area contributed by atoms with E-state index in [2.05, 4.69) is 0 Å². The topological polar surface area (TPSA) is 328 Å². The van der Waals surface area contributed by atoms with Gasteiger partial charge in [0.05, 0.1) is 50.8 Å². The van der Waals surface area contributed by atoms with Crippen LogP contribution in [0.1, 0.15) is 48.0 Å². The number of hydrogen-bond acceptors (Lipinski definition) is 20. The highest BCUT2D eigenvalue weighted by Crippen LogP contribution is 2.31. The van der Waals surface area contributed by atoms with Gasteiger partial charge in [-0.15, -0.1) is 0 Å². The first-order valence-corrected chi connectivity index (χ1v) is 17.5. The van der Waals surface area contributed by atoms with Crippen molar-refractivity contribution >= 4 is 0 Å². The molecule has 0 radical (unpaired) electrons. The van der Waals surface area contributed by atoms with Crippen molar-refractivity contribution in [1.82, 2.24) is 0 Å². The molecule has 20 nitrogen and oxygen atoms in total. The van der Waals surface area contributed by atoms with E-state index in [1.807, 2.05) is 0 Å². The van der Waals surface area contributed by atoms with Crippen molar-refractivity contribution in [3.63, 3.8) is 0 Å². The summed E-state index contributed by atoms with van der Waals surface area (Å²) in [7, 11) is 0. The molecule has 0 bridgehead atoms. The van der Waals surface area contributed by atoms with E-state index >= 15 is 0 Å². The fourth-order valence-electron chi connectivity index (χ4n) is 5.99. The summed E-state index contributed by atoms with van der Waals surface area (Å²) in [5.41, 5.74) is 0. The van der Waals surface area contributed by atoms with Crippen LogP contribution in [0, 0.1) is 0 Å². The lowest BCUT2D eigenvalue weighted by Gasteiger charge is -2.46. The molecule has 3 saturated heterocycles. The molecular formula is C32H62O20. The maximum atomic E-state index is 10.5. The van der Waals surface area contributed by atoms with Crippen LogP contribution in [0.5, 0.6) is 0 Å². The summed E-state index contributed by atoms with van der Waals surface area (Å²) in [6.07, 6.45) is -24.8. The molecule has 0 aromatic rings. The van der Waals surface area contributed by atoms with Crippen LogP contribution in [0.25, 0.3) is 0 Å². The molecule has 3 fully saturated rings. The third kappa shape index (κ3) is 12.1. The number of hydrogen-bond donors (Lipinski definition) is 13. The smallest absolute Gasteiger partial charge is 0.187 e. The van der Waals surface area contributed by atoms with Crippen molar-refractivity contribution in [2.24, 2.45) is 0 Å². The van der Waals surface area contributed by atoms with Crippen molar-refractivity contribution in [2.75, 3.05) is 26.4 Å². The standard InChI is InChI=1S/C16H30O10.C16H32O10/c1-6(2)23-15-11(20)8(4-17)25-16(13(15)22)26-14-9(5-18)24-7(3)10(19)12(14)21;1-4-8(19)11(21)14(9(20)5-17)26-16-13(23)15(24-7(2)3)12(22)10(6-18)25-16/h6-22H,4-5H2,1-3H3;7-23H,4-6H2,1-3H3/t7?,8?,9?,10?,11-,12+,13?,14+,15-,16-;8?,9?,10?,11-,12+,13?,14-,15+,16+/m01/s1. The molecule has 0 spiro atoms. The third-order valence-electron chi connectivity index (χ3n) is 8.90. The first-order chi connectivity index (χ1) is 24.4. The van der Waals surface area contributed by atoms with Crippen LogP contribution in [-0.4, -0.2) is 221 Å². The van der Waals surface area contributed by atoms with Crippen LogP contribution in [0.2, 0.25) is 0 Å². The maximum Gasteiger partial charge on any atom is 0.187 e. The average Bonchev–Trinajstić information content (AvgIpc) is 3.11. The summed E-state index contributed by atoms with van der Waals surface area (Å²) in [6.45, 7) is 7.59. The van der Waals surface area contributed by atoms with E-state index < -0.39 is 143 Å². The van der Waals surface area contributed by atoms with Crippen LogP contribution in [-0.2, 0) is 33.2 Å². The van der Waals surface area contributed by atoms with E-state index in [0.717, 1.165) is 0 Å². The van der Waals surface area contributed by atoms with E-state index in [1.165, 1.54) is 0 Å². The summed E-state index contributed by atoms with van der Waals surface area (Å²) >= 11 is 0. The van der Waals surface area contributed by atoms with E-state index in [1.54, 1.807) is 41.5 Å². The normalized spacial score (nSPS) is 40.9. The van der Waals surface area contributed by atoms with Crippen LogP contribution in [0.15, 0.2) is 0 Å². The molecule has 3 aliphatic heterocycles. The van der Waals surface area contributed by atoms with Crippen LogP contribution in [0.3, 0.4) is 0 Å². The second-order valence-corrected chi connectivity index (χ2v) is 13.7. The predicted molar refractivity (Wildman–Crippen MR) is 174 cm³/mol. The fraction of sp³-hybridized carbons (Fsp3) is 1.00. The van der Waals surface area contributed by atoms with Gasteiger partial charge in [-0.25, -0.2) is 0 Å². The summed E-state index contributed by atoms with van der Waals surface area (Å²) in [6, 6.07) is 0. The van der Waals surface area contributed by atoms with Crippen molar-refractivity contribution in [3.8, 4) is 0 Å². The molecule has 0 amide bonds. The Balaban J connectivity index is 0.000000360. The lowest BCUT2D eigenvalue weighted by molar-refractivity contribution is -0.346. The Bertz CT molecular complexity index is 930. The Hall–Kier alpha value is -0.800. The minimum absolute atomic E-state index is 0.157. The SMILES string of the molecule is CC(C)O[C@@H]1C(O)[C@H](O[C@@H]2C(CO)OC(C)C(O)[C@H]2O)OC(CO)[C@@H]1O.CCC(O)[C@@H](O)[C@H](O[C@@H]1OC(CO)[C@H](O)[C@H](OC(C)C)C1O)C(O)CO. The van der Waals surface area contributed by atoms with Gasteiger partial charge in [0.15, 0.2) is 12.6 Å². The largest absolute Gasteiger partial charge is 0.394 e. The molecule has 3 aliphatic rings. The molecule has 9 unspecified atom stereocenters. The minimum atomic E-state index is -1.57. The Morgan fingerprint density at radius 2 is 1.00 bits per heavy atom. The highest BCUT2D eigenvalue weighted by molar-refractivity contribution is 4.96. The third-order valence-corrected chi connectivity index (χ3v) is 8.90. The Kier molecular flexibility index (Phi) is 20.1. The minimum Gasteiger partial charge on any atom is -0.394 e. The second-order valence-electron chi connectivity index (χ2n) is 13.7. The van der Waals surface area contributed by atoms with Gasteiger partial charge in [-0.2, -0.15) is 0 Å². The molecule has 20 heteroatoms. The number of rotatable bonds is 16. The first kappa shape index (κ1) is 47.4. The molecule has 0 saturated carbocycles. The molecule has 3 heterocycles. The van der Waals surface area contributed by atoms with E-state index in [4.69, 9.17) is 33.2 Å². The number of ether oxygens (including phenoxy) is 7. The zero-order valence-electron chi connectivity index (χ0n) is 30.3. The molecule has 13 N–H and O–H groups in total. The van der Waals surface area contributed by atoms with Gasteiger partial charge in [-0.05, 0) is 41.0 Å². The molecule has 310 valence electrons. The summed E-state index contributed by atoms with van der Waals surface area (Å²) in [5, 5.41) is 129. The van der Waals surface area contributed by atoms with Gasteiger partial charge in [0.25, 0.3) is 0 Å². The molecule has 0 aromatic heterocycles. The maximum absolute atomic E-state index is 10.5. The van der Waals surface area contributed by atoms with Crippen LogP contribution < -0.4 is 0 Å². The molecule has 0 aromatic carbocycles. The van der Waals surface area contributed by atoms with Gasteiger partial charge < -0.3 is 99.5 Å². The monoisotopic (exact) mass is 766 g/mol. The molecule has 19 atom stereocenters. The van der Waals surface area contributed by atoms with Crippen molar-refractivity contribution < 1.29 is 99.5 Å². The highest BCUT2D eigenvalue weighted by Gasteiger charge is 2.51. The predicted octanol–water partition coefficient (Wildman–Crippen LogP) is -5.81. The van der Waals surface area contributed by atoms with Crippen molar-refractivity contribution in [2.45, 2.75) is 177 Å². The van der Waals surface area contributed by atoms with Gasteiger partial charge in [0.2, 0.25) is 0 Å². The summed E-state index contributed by atoms with van der Waals surface area (Å²) in [5.74, 6) is 0. The van der Waals surface area contributed by atoms with Crippen LogP contribution in [0.4, 0.5) is 0 Å².